The Morgan fingerprint density at radius 2 is 1.77 bits per heavy atom. The molecular formula is C17H21NO3S. The van der Waals surface area contributed by atoms with Gasteiger partial charge in [-0.3, -0.25) is 0 Å². The van der Waals surface area contributed by atoms with Crippen LogP contribution in [0.4, 0.5) is 0 Å². The van der Waals surface area contributed by atoms with Crippen molar-refractivity contribution >= 4 is 10.0 Å². The fraction of sp³-hybridized carbons (Fsp3) is 0.294. The average Bonchev–Trinajstić information content (AvgIpc) is 2.54. The van der Waals surface area contributed by atoms with Crippen LogP contribution in [-0.2, 0) is 23.0 Å². The lowest BCUT2D eigenvalue weighted by molar-refractivity contribution is 0.409. The van der Waals surface area contributed by atoms with E-state index in [0.29, 0.717) is 17.2 Å². The molecule has 2 rings (SSSR count). The number of hydrogen-bond acceptors (Lipinski definition) is 3. The summed E-state index contributed by atoms with van der Waals surface area (Å²) in [4.78, 5) is 0.295. The molecule has 0 amide bonds. The van der Waals surface area contributed by atoms with Gasteiger partial charge in [-0.05, 0) is 35.7 Å². The van der Waals surface area contributed by atoms with E-state index in [2.05, 4.69) is 0 Å². The third-order valence-electron chi connectivity index (χ3n) is 3.59. The van der Waals surface area contributed by atoms with Crippen LogP contribution in [0.25, 0.3) is 0 Å². The quantitative estimate of drug-likeness (QED) is 0.822. The molecular weight excluding hydrogens is 298 g/mol. The Labute approximate surface area is 132 Å². The largest absolute Gasteiger partial charge is 0.496 e. The van der Waals surface area contributed by atoms with E-state index in [1.165, 1.54) is 4.31 Å². The molecule has 0 saturated heterocycles. The van der Waals surface area contributed by atoms with E-state index in [-0.39, 0.29) is 0 Å². The van der Waals surface area contributed by atoms with Crippen LogP contribution in [0.2, 0.25) is 0 Å². The van der Waals surface area contributed by atoms with Crippen molar-refractivity contribution in [3.63, 3.8) is 0 Å². The maximum Gasteiger partial charge on any atom is 0.243 e. The molecule has 0 aliphatic carbocycles. The molecule has 2 aromatic carbocycles. The van der Waals surface area contributed by atoms with Gasteiger partial charge >= 0.3 is 0 Å². The molecule has 0 atom stereocenters. The first-order valence-electron chi connectivity index (χ1n) is 7.16. The van der Waals surface area contributed by atoms with Gasteiger partial charge < -0.3 is 4.74 Å². The van der Waals surface area contributed by atoms with Crippen LogP contribution < -0.4 is 4.74 Å². The van der Waals surface area contributed by atoms with Gasteiger partial charge in [-0.2, -0.15) is 4.31 Å². The van der Waals surface area contributed by atoms with Crippen molar-refractivity contribution in [2.75, 3.05) is 14.2 Å². The standard InChI is InChI=1S/C17H21NO3S/c1-4-15-12-16(10-11-17(15)21-3)22(19,20)18(2)13-14-8-6-5-7-9-14/h5-12H,4,13H2,1-3H3. The molecule has 0 saturated carbocycles. The molecule has 0 N–H and O–H groups in total. The van der Waals surface area contributed by atoms with Crippen LogP contribution >= 0.6 is 0 Å². The highest BCUT2D eigenvalue weighted by atomic mass is 32.2. The van der Waals surface area contributed by atoms with Gasteiger partial charge in [0.1, 0.15) is 5.75 Å². The number of methoxy groups -OCH3 is 1. The second-order valence-electron chi connectivity index (χ2n) is 5.07. The number of aryl methyl sites for hydroxylation is 1. The molecule has 0 spiro atoms. The minimum absolute atomic E-state index is 0.295. The highest BCUT2D eigenvalue weighted by molar-refractivity contribution is 7.89. The van der Waals surface area contributed by atoms with E-state index in [1.807, 2.05) is 37.3 Å². The van der Waals surface area contributed by atoms with E-state index in [0.717, 1.165) is 17.5 Å². The molecule has 0 fully saturated rings. The molecule has 0 unspecified atom stereocenters. The Morgan fingerprint density at radius 3 is 2.36 bits per heavy atom. The van der Waals surface area contributed by atoms with Crippen molar-refractivity contribution < 1.29 is 13.2 Å². The SMILES string of the molecule is CCc1cc(S(=O)(=O)N(C)Cc2ccccc2)ccc1OC. The number of sulfonamides is 1. The molecule has 0 aromatic heterocycles. The normalized spacial score (nSPS) is 11.6. The zero-order valence-electron chi connectivity index (χ0n) is 13.1. The monoisotopic (exact) mass is 319 g/mol. The molecule has 0 aliphatic rings. The summed E-state index contributed by atoms with van der Waals surface area (Å²) < 4.78 is 32.0. The Morgan fingerprint density at radius 1 is 1.09 bits per heavy atom. The first-order chi connectivity index (χ1) is 10.5. The van der Waals surface area contributed by atoms with Crippen LogP contribution in [-0.4, -0.2) is 26.9 Å². The number of nitrogens with zero attached hydrogens (tertiary/aromatic N) is 1. The Kier molecular flexibility index (Phi) is 5.21. The predicted octanol–water partition coefficient (Wildman–Crippen LogP) is 3.08. The van der Waals surface area contributed by atoms with Gasteiger partial charge in [0, 0.05) is 13.6 Å². The van der Waals surface area contributed by atoms with Crippen molar-refractivity contribution in [1.29, 1.82) is 0 Å². The summed E-state index contributed by atoms with van der Waals surface area (Å²) in [5.74, 6) is 0.715. The van der Waals surface area contributed by atoms with Gasteiger partial charge in [-0.15, -0.1) is 0 Å². The van der Waals surface area contributed by atoms with Crippen LogP contribution in [0.15, 0.2) is 53.4 Å². The summed E-state index contributed by atoms with van der Waals surface area (Å²) in [6, 6.07) is 14.5. The first-order valence-corrected chi connectivity index (χ1v) is 8.60. The van der Waals surface area contributed by atoms with E-state index < -0.39 is 10.0 Å². The summed E-state index contributed by atoms with van der Waals surface area (Å²) in [5, 5.41) is 0. The third kappa shape index (κ3) is 3.48. The maximum absolute atomic E-state index is 12.7. The lowest BCUT2D eigenvalue weighted by atomic mass is 10.1. The molecule has 0 heterocycles. The molecule has 0 bridgehead atoms. The third-order valence-corrected chi connectivity index (χ3v) is 5.39. The second-order valence-corrected chi connectivity index (χ2v) is 7.12. The molecule has 0 aliphatic heterocycles. The minimum Gasteiger partial charge on any atom is -0.496 e. The van der Waals surface area contributed by atoms with Crippen molar-refractivity contribution in [3.8, 4) is 5.75 Å². The van der Waals surface area contributed by atoms with Gasteiger partial charge in [0.15, 0.2) is 0 Å². The molecule has 118 valence electrons. The topological polar surface area (TPSA) is 46.6 Å². The second kappa shape index (κ2) is 6.94. The van der Waals surface area contributed by atoms with E-state index in [9.17, 15) is 8.42 Å². The molecule has 0 radical (unpaired) electrons. The van der Waals surface area contributed by atoms with Gasteiger partial charge in [0.05, 0.1) is 12.0 Å². The maximum atomic E-state index is 12.7. The van der Waals surface area contributed by atoms with Crippen molar-refractivity contribution in [1.82, 2.24) is 4.31 Å². The van der Waals surface area contributed by atoms with Gasteiger partial charge in [-0.1, -0.05) is 37.3 Å². The smallest absolute Gasteiger partial charge is 0.243 e. The van der Waals surface area contributed by atoms with Crippen molar-refractivity contribution in [2.45, 2.75) is 24.8 Å². The number of benzene rings is 2. The zero-order chi connectivity index (χ0) is 16.2. The zero-order valence-corrected chi connectivity index (χ0v) is 13.9. The minimum atomic E-state index is -3.52. The predicted molar refractivity (Wildman–Crippen MR) is 87.5 cm³/mol. The highest BCUT2D eigenvalue weighted by Crippen LogP contribution is 2.25. The van der Waals surface area contributed by atoms with E-state index in [4.69, 9.17) is 4.74 Å². The van der Waals surface area contributed by atoms with Crippen LogP contribution in [0, 0.1) is 0 Å². The Balaban J connectivity index is 2.29. The highest BCUT2D eigenvalue weighted by Gasteiger charge is 2.22. The van der Waals surface area contributed by atoms with Crippen molar-refractivity contribution in [3.05, 3.63) is 59.7 Å². The van der Waals surface area contributed by atoms with Crippen LogP contribution in [0.5, 0.6) is 5.75 Å². The van der Waals surface area contributed by atoms with Gasteiger partial charge in [0.25, 0.3) is 0 Å². The molecule has 5 heteroatoms. The summed E-state index contributed by atoms with van der Waals surface area (Å²) in [7, 11) is -0.334. The average molecular weight is 319 g/mol. The van der Waals surface area contributed by atoms with E-state index >= 15 is 0 Å². The molecule has 2 aromatic rings. The van der Waals surface area contributed by atoms with Crippen LogP contribution in [0.3, 0.4) is 0 Å². The summed E-state index contributed by atoms with van der Waals surface area (Å²) in [6.45, 7) is 2.32. The Bertz CT molecular complexity index is 727. The van der Waals surface area contributed by atoms with Crippen LogP contribution in [0.1, 0.15) is 18.1 Å². The van der Waals surface area contributed by atoms with Crippen molar-refractivity contribution in [2.24, 2.45) is 0 Å². The van der Waals surface area contributed by atoms with Gasteiger partial charge in [0.2, 0.25) is 10.0 Å². The van der Waals surface area contributed by atoms with Gasteiger partial charge in [-0.25, -0.2) is 8.42 Å². The molecule has 22 heavy (non-hydrogen) atoms. The number of ether oxygens (including phenoxy) is 1. The first kappa shape index (κ1) is 16.5. The molecule has 4 nitrogen and oxygen atoms in total. The lowest BCUT2D eigenvalue weighted by Crippen LogP contribution is -2.26. The fourth-order valence-corrected chi connectivity index (χ4v) is 3.51. The van der Waals surface area contributed by atoms with E-state index in [1.54, 1.807) is 32.4 Å². The fourth-order valence-electron chi connectivity index (χ4n) is 2.30. The lowest BCUT2D eigenvalue weighted by Gasteiger charge is -2.18. The number of rotatable bonds is 6. The summed E-state index contributed by atoms with van der Waals surface area (Å²) in [5.41, 5.74) is 1.84. The summed E-state index contributed by atoms with van der Waals surface area (Å²) >= 11 is 0. The summed E-state index contributed by atoms with van der Waals surface area (Å²) in [6.07, 6.45) is 0.717. The Hall–Kier alpha value is -1.85. The number of hydrogen-bond donors (Lipinski definition) is 0.